The van der Waals surface area contributed by atoms with E-state index in [0.29, 0.717) is 11.3 Å². The summed E-state index contributed by atoms with van der Waals surface area (Å²) in [6.45, 7) is 0. The summed E-state index contributed by atoms with van der Waals surface area (Å²) in [5.41, 5.74) is 1.94. The van der Waals surface area contributed by atoms with Gasteiger partial charge in [0.1, 0.15) is 5.75 Å². The molecular formula is C18H18O2. The smallest absolute Gasteiger partial charge is 0.185 e. The zero-order valence-corrected chi connectivity index (χ0v) is 11.6. The number of carbonyl (C=O) groups is 1. The maximum atomic E-state index is 12.0. The molecule has 2 aromatic carbocycles. The van der Waals surface area contributed by atoms with Gasteiger partial charge in [0, 0.05) is 5.56 Å². The van der Waals surface area contributed by atoms with Crippen LogP contribution in [0.15, 0.2) is 66.7 Å². The van der Waals surface area contributed by atoms with Crippen molar-refractivity contribution < 1.29 is 9.53 Å². The summed E-state index contributed by atoms with van der Waals surface area (Å²) in [4.78, 5) is 12.0. The molecule has 0 radical (unpaired) electrons. The topological polar surface area (TPSA) is 26.3 Å². The maximum Gasteiger partial charge on any atom is 0.185 e. The first-order chi connectivity index (χ1) is 9.79. The molecule has 0 bridgehead atoms. The van der Waals surface area contributed by atoms with Gasteiger partial charge in [0.2, 0.25) is 0 Å². The Morgan fingerprint density at radius 3 is 2.65 bits per heavy atom. The van der Waals surface area contributed by atoms with Gasteiger partial charge in [-0.15, -0.1) is 0 Å². The van der Waals surface area contributed by atoms with Crippen LogP contribution >= 0.6 is 0 Å². The summed E-state index contributed by atoms with van der Waals surface area (Å²) in [5, 5.41) is 0. The first-order valence-corrected chi connectivity index (χ1v) is 6.68. The lowest BCUT2D eigenvalue weighted by Crippen LogP contribution is -1.95. The number of methoxy groups -OCH3 is 1. The van der Waals surface area contributed by atoms with Crippen LogP contribution in [-0.2, 0) is 6.42 Å². The molecule has 2 rings (SSSR count). The number of benzene rings is 2. The fourth-order valence-corrected chi connectivity index (χ4v) is 1.96. The molecule has 20 heavy (non-hydrogen) atoms. The monoisotopic (exact) mass is 266 g/mol. The molecule has 2 nitrogen and oxygen atoms in total. The van der Waals surface area contributed by atoms with Crippen molar-refractivity contribution in [2.45, 2.75) is 12.8 Å². The molecule has 0 aliphatic rings. The highest BCUT2D eigenvalue weighted by molar-refractivity contribution is 6.04. The Kier molecular flexibility index (Phi) is 5.13. The molecule has 0 heterocycles. The van der Waals surface area contributed by atoms with Crippen LogP contribution in [-0.4, -0.2) is 12.9 Å². The average Bonchev–Trinajstić information content (AvgIpc) is 2.52. The number of rotatable bonds is 6. The Labute approximate surface area is 119 Å². The number of hydrogen-bond acceptors (Lipinski definition) is 2. The number of ketones is 1. The number of ether oxygens (including phenoxy) is 1. The lowest BCUT2D eigenvalue weighted by atomic mass is 10.1. The molecule has 0 aliphatic carbocycles. The van der Waals surface area contributed by atoms with Crippen LogP contribution in [0.1, 0.15) is 22.3 Å². The number of carbonyl (C=O) groups excluding carboxylic acids is 1. The van der Waals surface area contributed by atoms with Gasteiger partial charge in [0.15, 0.2) is 5.78 Å². The van der Waals surface area contributed by atoms with Gasteiger partial charge in [-0.05, 0) is 36.6 Å². The van der Waals surface area contributed by atoms with Crippen molar-refractivity contribution in [3.05, 3.63) is 77.9 Å². The van der Waals surface area contributed by atoms with Crippen LogP contribution in [0, 0.1) is 0 Å². The number of aryl methyl sites for hydroxylation is 1. The fourth-order valence-electron chi connectivity index (χ4n) is 1.96. The predicted molar refractivity (Wildman–Crippen MR) is 81.2 cm³/mol. The largest absolute Gasteiger partial charge is 0.497 e. The highest BCUT2D eigenvalue weighted by Crippen LogP contribution is 2.13. The van der Waals surface area contributed by atoms with Crippen LogP contribution in [0.25, 0.3) is 0 Å². The lowest BCUT2D eigenvalue weighted by molar-refractivity contribution is 0.104. The van der Waals surface area contributed by atoms with E-state index in [1.54, 1.807) is 25.3 Å². The quantitative estimate of drug-likeness (QED) is 0.582. The minimum absolute atomic E-state index is 0.0111. The standard InChI is InChI=1S/C18H18O2/c1-20-17-12-7-11-16(14-17)18(19)13-6-5-10-15-8-3-2-4-9-15/h2-4,6-9,11-14H,5,10H2,1H3/b13-6+. The summed E-state index contributed by atoms with van der Waals surface area (Å²) >= 11 is 0. The van der Waals surface area contributed by atoms with E-state index in [1.807, 2.05) is 36.4 Å². The third kappa shape index (κ3) is 4.09. The highest BCUT2D eigenvalue weighted by atomic mass is 16.5. The predicted octanol–water partition coefficient (Wildman–Crippen LogP) is 4.07. The minimum atomic E-state index is 0.0111. The van der Waals surface area contributed by atoms with Crippen molar-refractivity contribution >= 4 is 5.78 Å². The summed E-state index contributed by atoms with van der Waals surface area (Å²) in [6, 6.07) is 17.5. The summed E-state index contributed by atoms with van der Waals surface area (Å²) in [6.07, 6.45) is 5.37. The van der Waals surface area contributed by atoms with Crippen molar-refractivity contribution in [2.24, 2.45) is 0 Å². The van der Waals surface area contributed by atoms with E-state index < -0.39 is 0 Å². The first kappa shape index (κ1) is 14.1. The summed E-state index contributed by atoms with van der Waals surface area (Å²) < 4.78 is 5.11. The van der Waals surface area contributed by atoms with Crippen molar-refractivity contribution in [1.29, 1.82) is 0 Å². The number of allylic oxidation sites excluding steroid dienone is 2. The lowest BCUT2D eigenvalue weighted by Gasteiger charge is -2.01. The third-order valence-corrected chi connectivity index (χ3v) is 3.07. The Balaban J connectivity index is 1.89. The van der Waals surface area contributed by atoms with Crippen LogP contribution in [0.2, 0.25) is 0 Å². The van der Waals surface area contributed by atoms with Crippen LogP contribution in [0.4, 0.5) is 0 Å². The van der Waals surface area contributed by atoms with Gasteiger partial charge in [-0.25, -0.2) is 0 Å². The molecule has 0 atom stereocenters. The van der Waals surface area contributed by atoms with Gasteiger partial charge in [0.25, 0.3) is 0 Å². The second-order valence-electron chi connectivity index (χ2n) is 4.52. The van der Waals surface area contributed by atoms with Crippen LogP contribution < -0.4 is 4.74 Å². The first-order valence-electron chi connectivity index (χ1n) is 6.68. The Morgan fingerprint density at radius 2 is 1.90 bits per heavy atom. The van der Waals surface area contributed by atoms with E-state index >= 15 is 0 Å². The van der Waals surface area contributed by atoms with Gasteiger partial charge in [0.05, 0.1) is 7.11 Å². The normalized spacial score (nSPS) is 10.7. The summed E-state index contributed by atoms with van der Waals surface area (Å²) in [7, 11) is 1.60. The molecule has 0 spiro atoms. The highest BCUT2D eigenvalue weighted by Gasteiger charge is 2.02. The van der Waals surface area contributed by atoms with Gasteiger partial charge in [-0.1, -0.05) is 48.5 Å². The Bertz CT molecular complexity index is 585. The van der Waals surface area contributed by atoms with Gasteiger partial charge in [-0.2, -0.15) is 0 Å². The van der Waals surface area contributed by atoms with Crippen molar-refractivity contribution in [3.8, 4) is 5.75 Å². The molecule has 2 aromatic rings. The minimum Gasteiger partial charge on any atom is -0.497 e. The van der Waals surface area contributed by atoms with Crippen LogP contribution in [0.5, 0.6) is 5.75 Å². The molecular weight excluding hydrogens is 248 g/mol. The van der Waals surface area contributed by atoms with E-state index in [1.165, 1.54) is 5.56 Å². The molecule has 2 heteroatoms. The molecule has 0 saturated heterocycles. The van der Waals surface area contributed by atoms with Crippen molar-refractivity contribution in [1.82, 2.24) is 0 Å². The summed E-state index contributed by atoms with van der Waals surface area (Å²) in [5.74, 6) is 0.713. The van der Waals surface area contributed by atoms with E-state index in [9.17, 15) is 4.79 Å². The van der Waals surface area contributed by atoms with E-state index in [4.69, 9.17) is 4.74 Å². The van der Waals surface area contributed by atoms with Crippen molar-refractivity contribution in [2.75, 3.05) is 7.11 Å². The molecule has 0 aliphatic heterocycles. The SMILES string of the molecule is COc1cccc(C(=O)/C=C/CCc2ccccc2)c1. The van der Waals surface area contributed by atoms with Crippen molar-refractivity contribution in [3.63, 3.8) is 0 Å². The molecule has 0 amide bonds. The van der Waals surface area contributed by atoms with Gasteiger partial charge in [-0.3, -0.25) is 4.79 Å². The molecule has 0 saturated carbocycles. The van der Waals surface area contributed by atoms with Gasteiger partial charge >= 0.3 is 0 Å². The van der Waals surface area contributed by atoms with E-state index in [2.05, 4.69) is 12.1 Å². The average molecular weight is 266 g/mol. The molecule has 0 N–H and O–H groups in total. The Hall–Kier alpha value is -2.35. The van der Waals surface area contributed by atoms with Crippen LogP contribution in [0.3, 0.4) is 0 Å². The maximum absolute atomic E-state index is 12.0. The zero-order chi connectivity index (χ0) is 14.2. The molecule has 0 aromatic heterocycles. The molecule has 0 unspecified atom stereocenters. The third-order valence-electron chi connectivity index (χ3n) is 3.07. The number of hydrogen-bond donors (Lipinski definition) is 0. The second kappa shape index (κ2) is 7.29. The van der Waals surface area contributed by atoms with Gasteiger partial charge < -0.3 is 4.74 Å². The van der Waals surface area contributed by atoms with E-state index in [-0.39, 0.29) is 5.78 Å². The zero-order valence-electron chi connectivity index (χ0n) is 11.6. The Morgan fingerprint density at radius 1 is 1.10 bits per heavy atom. The fraction of sp³-hybridized carbons (Fsp3) is 0.167. The molecule has 102 valence electrons. The second-order valence-corrected chi connectivity index (χ2v) is 4.52. The van der Waals surface area contributed by atoms with E-state index in [0.717, 1.165) is 12.8 Å². The molecule has 0 fully saturated rings.